The van der Waals surface area contributed by atoms with Crippen LogP contribution in [0.1, 0.15) is 40.5 Å². The fourth-order valence-corrected chi connectivity index (χ4v) is 2.69. The maximum absolute atomic E-state index is 11.9. The quantitative estimate of drug-likeness (QED) is 0.670. The summed E-state index contributed by atoms with van der Waals surface area (Å²) in [6.45, 7) is 7.79. The summed E-state index contributed by atoms with van der Waals surface area (Å²) in [5.74, 6) is 0.401. The van der Waals surface area contributed by atoms with Crippen LogP contribution in [0, 0.1) is 5.92 Å². The van der Waals surface area contributed by atoms with Crippen molar-refractivity contribution < 1.29 is 14.5 Å². The molecule has 1 saturated carbocycles. The Morgan fingerprint density at radius 1 is 1.47 bits per heavy atom. The van der Waals surface area contributed by atoms with Crippen LogP contribution >= 0.6 is 0 Å². The van der Waals surface area contributed by atoms with E-state index >= 15 is 0 Å². The highest BCUT2D eigenvalue weighted by Gasteiger charge is 2.37. The van der Waals surface area contributed by atoms with E-state index < -0.39 is 17.5 Å². The van der Waals surface area contributed by atoms with Crippen molar-refractivity contribution in [1.29, 1.82) is 0 Å². The van der Waals surface area contributed by atoms with Crippen LogP contribution in [-0.4, -0.2) is 32.6 Å². The van der Waals surface area contributed by atoms with Crippen LogP contribution in [0.3, 0.4) is 0 Å². The van der Waals surface area contributed by atoms with Gasteiger partial charge in [-0.1, -0.05) is 0 Å². The van der Waals surface area contributed by atoms with Gasteiger partial charge in [-0.3, -0.25) is 0 Å². The second-order valence-corrected chi connectivity index (χ2v) is 7.66. The Bertz CT molecular complexity index is 274. The number of hydrogen-bond acceptors (Lipinski definition) is 3. The van der Waals surface area contributed by atoms with Crippen molar-refractivity contribution in [1.82, 2.24) is 10.0 Å². The minimum atomic E-state index is -1.06. The van der Waals surface area contributed by atoms with Gasteiger partial charge in [-0.05, 0) is 46.5 Å². The number of amides is 1. The average Bonchev–Trinajstić information content (AvgIpc) is 2.08. The minimum Gasteiger partial charge on any atom is -0.598 e. The first-order valence-electron chi connectivity index (χ1n) is 5.87. The zero-order valence-corrected chi connectivity index (χ0v) is 11.6. The van der Waals surface area contributed by atoms with Crippen LogP contribution in [0.2, 0.25) is 0 Å². The Kier molecular flexibility index (Phi) is 4.69. The van der Waals surface area contributed by atoms with E-state index in [0.29, 0.717) is 5.92 Å². The van der Waals surface area contributed by atoms with Crippen molar-refractivity contribution in [2.75, 3.05) is 0 Å². The predicted octanol–water partition coefficient (Wildman–Crippen LogP) is 1.47. The highest BCUT2D eigenvalue weighted by atomic mass is 32.2. The third kappa shape index (κ3) is 4.37. The van der Waals surface area contributed by atoms with Crippen LogP contribution in [0.15, 0.2) is 0 Å². The first kappa shape index (κ1) is 14.6. The largest absolute Gasteiger partial charge is 0.598 e. The van der Waals surface area contributed by atoms with Gasteiger partial charge >= 0.3 is 6.09 Å². The zero-order chi connectivity index (χ0) is 13.2. The van der Waals surface area contributed by atoms with Crippen LogP contribution in [-0.2, 0) is 11.4 Å². The normalized spacial score (nSPS) is 28.1. The molecule has 0 aliphatic heterocycles. The molecule has 100 valence electrons. The molecule has 1 fully saturated rings. The zero-order valence-electron chi connectivity index (χ0n) is 10.8. The molecule has 0 spiro atoms. The number of hydrogen-bond donors (Lipinski definition) is 3. The molecule has 0 aromatic rings. The monoisotopic (exact) mass is 262 g/mol. The van der Waals surface area contributed by atoms with Crippen LogP contribution in [0.5, 0.6) is 0 Å². The molecule has 3 N–H and O–H groups in total. The molecular weight excluding hydrogens is 240 g/mol. The van der Waals surface area contributed by atoms with Gasteiger partial charge in [0, 0.05) is 17.4 Å². The van der Waals surface area contributed by atoms with Crippen LogP contribution in [0.25, 0.3) is 0 Å². The van der Waals surface area contributed by atoms with E-state index in [0.717, 1.165) is 12.8 Å². The molecule has 1 aliphatic rings. The highest BCUT2D eigenvalue weighted by Crippen LogP contribution is 2.31. The van der Waals surface area contributed by atoms with E-state index in [1.165, 1.54) is 0 Å². The predicted molar refractivity (Wildman–Crippen MR) is 68.2 cm³/mol. The lowest BCUT2D eigenvalue weighted by Gasteiger charge is -2.39. The Hall–Kier alpha value is -0.460. The molecule has 0 saturated heterocycles. The minimum absolute atomic E-state index is 0.0600. The molecule has 1 amide bonds. The van der Waals surface area contributed by atoms with E-state index in [2.05, 4.69) is 10.0 Å². The van der Waals surface area contributed by atoms with E-state index in [-0.39, 0.29) is 16.8 Å². The van der Waals surface area contributed by atoms with Gasteiger partial charge in [0.25, 0.3) is 0 Å². The molecule has 1 rings (SSSR count). The number of carbonyl (C=O) groups is 1. The van der Waals surface area contributed by atoms with Crippen molar-refractivity contribution in [3.8, 4) is 0 Å². The molecular formula is C11H22N2O3S. The van der Waals surface area contributed by atoms with Gasteiger partial charge in [-0.2, -0.15) is 0 Å². The van der Waals surface area contributed by atoms with E-state index in [1.807, 2.05) is 27.7 Å². The van der Waals surface area contributed by atoms with Gasteiger partial charge in [0.2, 0.25) is 0 Å². The first-order valence-corrected chi connectivity index (χ1v) is 7.02. The van der Waals surface area contributed by atoms with Gasteiger partial charge in [-0.15, -0.1) is 4.72 Å². The summed E-state index contributed by atoms with van der Waals surface area (Å²) >= 11 is -1.06. The molecule has 2 atom stereocenters. The molecule has 0 radical (unpaired) electrons. The molecule has 5 nitrogen and oxygen atoms in total. The van der Waals surface area contributed by atoms with Gasteiger partial charge in [0.15, 0.2) is 0 Å². The van der Waals surface area contributed by atoms with Crippen molar-refractivity contribution >= 4 is 17.5 Å². The van der Waals surface area contributed by atoms with E-state index in [4.69, 9.17) is 5.11 Å². The molecule has 0 aromatic carbocycles. The fraction of sp³-hybridized carbons (Fsp3) is 0.909. The second kappa shape index (κ2) is 5.46. The molecule has 0 heterocycles. The molecule has 0 bridgehead atoms. The van der Waals surface area contributed by atoms with Crippen molar-refractivity contribution in [3.63, 3.8) is 0 Å². The lowest BCUT2D eigenvalue weighted by molar-refractivity contribution is 0.155. The van der Waals surface area contributed by atoms with Crippen LogP contribution in [0.4, 0.5) is 4.79 Å². The summed E-state index contributed by atoms with van der Waals surface area (Å²) in [5.41, 5.74) is 0. The van der Waals surface area contributed by atoms with E-state index in [9.17, 15) is 9.35 Å². The Balaban J connectivity index is 2.28. The van der Waals surface area contributed by atoms with Gasteiger partial charge in [0.1, 0.15) is 4.75 Å². The topological polar surface area (TPSA) is 84.4 Å². The molecule has 0 aromatic heterocycles. The van der Waals surface area contributed by atoms with Crippen molar-refractivity contribution in [2.24, 2.45) is 5.92 Å². The molecule has 17 heavy (non-hydrogen) atoms. The lowest BCUT2D eigenvalue weighted by Crippen LogP contribution is -2.53. The Morgan fingerprint density at radius 2 is 2.00 bits per heavy atom. The number of carboxylic acid groups (broad SMARTS) is 1. The molecule has 6 heteroatoms. The summed E-state index contributed by atoms with van der Waals surface area (Å²) in [7, 11) is 0. The average molecular weight is 262 g/mol. The summed E-state index contributed by atoms with van der Waals surface area (Å²) in [6.07, 6.45) is 0.677. The first-order chi connectivity index (χ1) is 7.70. The number of rotatable bonds is 4. The van der Waals surface area contributed by atoms with Gasteiger partial charge in [0.05, 0.1) is 6.04 Å². The summed E-state index contributed by atoms with van der Waals surface area (Å²) in [6, 6.07) is 0.215. The summed E-state index contributed by atoms with van der Waals surface area (Å²) < 4.78 is 14.7. The van der Waals surface area contributed by atoms with E-state index in [1.54, 1.807) is 0 Å². The maximum atomic E-state index is 11.9. The third-order valence-electron chi connectivity index (χ3n) is 3.06. The summed E-state index contributed by atoms with van der Waals surface area (Å²) in [4.78, 5) is 10.4. The smallest absolute Gasteiger partial charge is 0.404 e. The van der Waals surface area contributed by atoms with Gasteiger partial charge < -0.3 is 15.0 Å². The SMILES string of the molecule is C[C@H](N[S@@+]([O-])C(C)(C)C)C1CC(NC(=O)O)C1. The van der Waals surface area contributed by atoms with Crippen molar-refractivity contribution in [3.05, 3.63) is 0 Å². The fourth-order valence-electron chi connectivity index (χ4n) is 1.80. The highest BCUT2D eigenvalue weighted by molar-refractivity contribution is 7.90. The maximum Gasteiger partial charge on any atom is 0.404 e. The number of nitrogens with one attached hydrogen (secondary N) is 2. The molecule has 1 aliphatic carbocycles. The Morgan fingerprint density at radius 3 is 2.41 bits per heavy atom. The Labute approximate surface area is 106 Å². The van der Waals surface area contributed by atoms with Crippen molar-refractivity contribution in [2.45, 2.75) is 57.4 Å². The summed E-state index contributed by atoms with van der Waals surface area (Å²) in [5, 5.41) is 11.0. The van der Waals surface area contributed by atoms with Crippen LogP contribution < -0.4 is 10.0 Å². The lowest BCUT2D eigenvalue weighted by atomic mass is 9.76. The second-order valence-electron chi connectivity index (χ2n) is 5.67. The third-order valence-corrected chi connectivity index (χ3v) is 4.76. The molecule has 0 unspecified atom stereocenters. The van der Waals surface area contributed by atoms with Gasteiger partial charge in [-0.25, -0.2) is 4.79 Å². The standard InChI is InChI=1S/C11H22N2O3S/c1-7(13-17(16)11(2,3)4)8-5-9(6-8)12-10(14)15/h7-9,12-13H,5-6H2,1-4H3,(H,14,15)/t7-,8?,9?,17-/m0/s1.